The minimum absolute atomic E-state index is 0.354. The van der Waals surface area contributed by atoms with E-state index in [0.29, 0.717) is 17.2 Å². The lowest BCUT2D eigenvalue weighted by Gasteiger charge is -2.08. The highest BCUT2D eigenvalue weighted by molar-refractivity contribution is 6.00. The van der Waals surface area contributed by atoms with Crippen molar-refractivity contribution in [3.05, 3.63) is 36.3 Å². The van der Waals surface area contributed by atoms with Gasteiger partial charge in [-0.05, 0) is 18.2 Å². The number of halogens is 1. The van der Waals surface area contributed by atoms with Gasteiger partial charge in [0.1, 0.15) is 5.82 Å². The largest absolute Gasteiger partial charge is 0.394 e. The normalized spacial score (nSPS) is 10.1. The Hall–Kier alpha value is -2.57. The number of hydrogen-bond acceptors (Lipinski definition) is 3. The van der Waals surface area contributed by atoms with Crippen molar-refractivity contribution in [3.8, 4) is 0 Å². The minimum Gasteiger partial charge on any atom is -0.394 e. The number of amides is 2. The number of rotatable bonds is 2. The molecule has 0 aliphatic rings. The van der Waals surface area contributed by atoms with Gasteiger partial charge in [0.25, 0.3) is 0 Å². The van der Waals surface area contributed by atoms with Crippen LogP contribution in [0.15, 0.2) is 30.5 Å². The van der Waals surface area contributed by atoms with Crippen LogP contribution in [-0.2, 0) is 7.05 Å². The molecule has 1 heterocycles. The van der Waals surface area contributed by atoms with Gasteiger partial charge in [0.2, 0.25) is 0 Å². The summed E-state index contributed by atoms with van der Waals surface area (Å²) in [5.74, 6) is -0.0447. The number of anilines is 3. The first kappa shape index (κ1) is 11.9. The van der Waals surface area contributed by atoms with Crippen LogP contribution in [0.5, 0.6) is 0 Å². The van der Waals surface area contributed by atoms with E-state index in [9.17, 15) is 9.18 Å². The van der Waals surface area contributed by atoms with Gasteiger partial charge in [-0.3, -0.25) is 10.00 Å². The van der Waals surface area contributed by atoms with Gasteiger partial charge in [0, 0.05) is 12.7 Å². The number of nitrogen functional groups attached to an aromatic ring is 1. The van der Waals surface area contributed by atoms with Gasteiger partial charge in [-0.2, -0.15) is 5.10 Å². The SMILES string of the molecule is Cn1ncc(N)c1NC(=O)Nc1cccc(F)c1. The molecule has 1 aromatic carbocycles. The van der Waals surface area contributed by atoms with Crippen molar-refractivity contribution >= 4 is 23.2 Å². The van der Waals surface area contributed by atoms with Crippen molar-refractivity contribution in [2.75, 3.05) is 16.4 Å². The topological polar surface area (TPSA) is 85.0 Å². The second kappa shape index (κ2) is 4.74. The van der Waals surface area contributed by atoms with Crippen molar-refractivity contribution in [2.24, 2.45) is 7.05 Å². The molecule has 0 radical (unpaired) electrons. The smallest absolute Gasteiger partial charge is 0.324 e. The van der Waals surface area contributed by atoms with E-state index in [0.717, 1.165) is 0 Å². The lowest BCUT2D eigenvalue weighted by Crippen LogP contribution is -2.21. The van der Waals surface area contributed by atoms with Crippen LogP contribution >= 0.6 is 0 Å². The quantitative estimate of drug-likeness (QED) is 0.758. The molecule has 2 rings (SSSR count). The zero-order valence-corrected chi connectivity index (χ0v) is 9.64. The molecule has 1 aromatic heterocycles. The summed E-state index contributed by atoms with van der Waals surface area (Å²) >= 11 is 0. The zero-order valence-electron chi connectivity index (χ0n) is 9.64. The molecular weight excluding hydrogens is 237 g/mol. The van der Waals surface area contributed by atoms with Crippen molar-refractivity contribution in [1.29, 1.82) is 0 Å². The lowest BCUT2D eigenvalue weighted by molar-refractivity contribution is 0.262. The monoisotopic (exact) mass is 249 g/mol. The second-order valence-electron chi connectivity index (χ2n) is 3.66. The van der Waals surface area contributed by atoms with E-state index < -0.39 is 11.8 Å². The Bertz CT molecular complexity index is 561. The Morgan fingerprint density at radius 1 is 1.44 bits per heavy atom. The second-order valence-corrected chi connectivity index (χ2v) is 3.66. The summed E-state index contributed by atoms with van der Waals surface area (Å²) in [7, 11) is 1.65. The highest BCUT2D eigenvalue weighted by atomic mass is 19.1. The van der Waals surface area contributed by atoms with Gasteiger partial charge in [0.05, 0.1) is 11.9 Å². The average Bonchev–Trinajstić information content (AvgIpc) is 2.61. The molecule has 0 aliphatic carbocycles. The van der Waals surface area contributed by atoms with Gasteiger partial charge in [0.15, 0.2) is 5.82 Å². The van der Waals surface area contributed by atoms with E-state index >= 15 is 0 Å². The number of benzene rings is 1. The molecule has 2 aromatic rings. The Morgan fingerprint density at radius 3 is 2.83 bits per heavy atom. The summed E-state index contributed by atoms with van der Waals surface area (Å²) in [6.07, 6.45) is 1.43. The summed E-state index contributed by atoms with van der Waals surface area (Å²) in [6, 6.07) is 5.07. The highest BCUT2D eigenvalue weighted by Gasteiger charge is 2.09. The third kappa shape index (κ3) is 2.57. The molecule has 0 fully saturated rings. The minimum atomic E-state index is -0.518. The Balaban J connectivity index is 2.06. The number of carbonyl (C=O) groups excluding carboxylic acids is 1. The first-order valence-electron chi connectivity index (χ1n) is 5.17. The maximum Gasteiger partial charge on any atom is 0.324 e. The van der Waals surface area contributed by atoms with Crippen LogP contribution in [-0.4, -0.2) is 15.8 Å². The lowest BCUT2D eigenvalue weighted by atomic mass is 10.3. The molecule has 4 N–H and O–H groups in total. The fraction of sp³-hybridized carbons (Fsp3) is 0.0909. The molecule has 18 heavy (non-hydrogen) atoms. The molecule has 94 valence electrons. The number of nitrogens with one attached hydrogen (secondary N) is 2. The maximum atomic E-state index is 12.9. The van der Waals surface area contributed by atoms with Crippen LogP contribution in [0.1, 0.15) is 0 Å². The standard InChI is InChI=1S/C11H12FN5O/c1-17-10(9(13)6-14-17)16-11(18)15-8-4-2-3-7(12)5-8/h2-6H,13H2,1H3,(H2,15,16,18). The Morgan fingerprint density at radius 2 is 2.22 bits per heavy atom. The van der Waals surface area contributed by atoms with E-state index in [4.69, 9.17) is 5.73 Å². The molecule has 0 atom stereocenters. The predicted octanol–water partition coefficient (Wildman–Crippen LogP) is 1.79. The summed E-state index contributed by atoms with van der Waals surface area (Å²) in [4.78, 5) is 11.7. The molecule has 0 bridgehead atoms. The first-order chi connectivity index (χ1) is 8.56. The third-order valence-electron chi connectivity index (χ3n) is 2.28. The summed E-state index contributed by atoms with van der Waals surface area (Å²) < 4.78 is 14.3. The summed E-state index contributed by atoms with van der Waals surface area (Å²) in [5, 5.41) is 8.90. The molecule has 7 heteroatoms. The number of hydrogen-bond donors (Lipinski definition) is 3. The van der Waals surface area contributed by atoms with E-state index in [1.54, 1.807) is 13.1 Å². The van der Waals surface area contributed by atoms with Crippen LogP contribution in [0.25, 0.3) is 0 Å². The van der Waals surface area contributed by atoms with Gasteiger partial charge >= 0.3 is 6.03 Å². The van der Waals surface area contributed by atoms with Gasteiger partial charge in [-0.1, -0.05) is 6.07 Å². The van der Waals surface area contributed by atoms with E-state index in [-0.39, 0.29) is 0 Å². The molecule has 0 spiro atoms. The number of aryl methyl sites for hydroxylation is 1. The van der Waals surface area contributed by atoms with Crippen molar-refractivity contribution in [1.82, 2.24) is 9.78 Å². The van der Waals surface area contributed by atoms with Gasteiger partial charge in [-0.15, -0.1) is 0 Å². The molecule has 2 amide bonds. The molecule has 0 saturated heterocycles. The first-order valence-corrected chi connectivity index (χ1v) is 5.17. The molecule has 0 saturated carbocycles. The molecule has 0 aliphatic heterocycles. The Kier molecular flexibility index (Phi) is 3.13. The molecule has 0 unspecified atom stereocenters. The molecule has 6 nitrogen and oxygen atoms in total. The van der Waals surface area contributed by atoms with E-state index in [1.165, 1.54) is 29.1 Å². The van der Waals surface area contributed by atoms with Crippen LogP contribution in [0.4, 0.5) is 26.4 Å². The average molecular weight is 249 g/mol. The maximum absolute atomic E-state index is 12.9. The third-order valence-corrected chi connectivity index (χ3v) is 2.28. The van der Waals surface area contributed by atoms with E-state index in [2.05, 4.69) is 15.7 Å². The van der Waals surface area contributed by atoms with Crippen molar-refractivity contribution in [2.45, 2.75) is 0 Å². The number of nitrogens with zero attached hydrogens (tertiary/aromatic N) is 2. The van der Waals surface area contributed by atoms with Crippen molar-refractivity contribution in [3.63, 3.8) is 0 Å². The predicted molar refractivity (Wildman–Crippen MR) is 66.7 cm³/mol. The van der Waals surface area contributed by atoms with Crippen LogP contribution in [0.2, 0.25) is 0 Å². The van der Waals surface area contributed by atoms with Gasteiger partial charge < -0.3 is 11.1 Å². The van der Waals surface area contributed by atoms with Crippen LogP contribution in [0.3, 0.4) is 0 Å². The number of urea groups is 1. The number of nitrogens with two attached hydrogens (primary N) is 1. The van der Waals surface area contributed by atoms with Crippen LogP contribution in [0, 0.1) is 5.82 Å². The number of aromatic nitrogens is 2. The summed E-state index contributed by atoms with van der Waals surface area (Å²) in [5.41, 5.74) is 6.33. The van der Waals surface area contributed by atoms with Crippen molar-refractivity contribution < 1.29 is 9.18 Å². The fourth-order valence-electron chi connectivity index (χ4n) is 1.44. The Labute approximate surface area is 103 Å². The number of carbonyl (C=O) groups is 1. The molecular formula is C11H12FN5O. The van der Waals surface area contributed by atoms with E-state index in [1.807, 2.05) is 0 Å². The van der Waals surface area contributed by atoms with Crippen LogP contribution < -0.4 is 16.4 Å². The zero-order chi connectivity index (χ0) is 13.1. The van der Waals surface area contributed by atoms with Gasteiger partial charge in [-0.25, -0.2) is 9.18 Å². The highest BCUT2D eigenvalue weighted by Crippen LogP contribution is 2.16. The fourth-order valence-corrected chi connectivity index (χ4v) is 1.44. The summed E-state index contributed by atoms with van der Waals surface area (Å²) in [6.45, 7) is 0.